The van der Waals surface area contributed by atoms with E-state index in [4.69, 9.17) is 0 Å². The van der Waals surface area contributed by atoms with Crippen LogP contribution in [0.2, 0.25) is 0 Å². The third kappa shape index (κ3) is 4.20. The Labute approximate surface area is 151 Å². The average Bonchev–Trinajstić information content (AvgIpc) is 2.68. The van der Waals surface area contributed by atoms with Crippen molar-refractivity contribution in [3.8, 4) is 0 Å². The van der Waals surface area contributed by atoms with Gasteiger partial charge in [-0.25, -0.2) is 27.5 Å². The summed E-state index contributed by atoms with van der Waals surface area (Å²) in [6, 6.07) is 8.93. The van der Waals surface area contributed by atoms with Crippen molar-refractivity contribution in [3.05, 3.63) is 83.2 Å². The molecule has 27 heavy (non-hydrogen) atoms. The van der Waals surface area contributed by atoms with Crippen molar-refractivity contribution in [2.75, 3.05) is 10.6 Å². The fraction of sp³-hybridized carbons (Fsp3) is 0.0556. The first kappa shape index (κ1) is 18.3. The number of anilines is 2. The maximum atomic E-state index is 13.7. The molecule has 0 radical (unpaired) electrons. The second kappa shape index (κ2) is 7.81. The number of halogens is 4. The lowest BCUT2D eigenvalue weighted by atomic mass is 10.2. The molecule has 0 aliphatic rings. The molecule has 1 heterocycles. The van der Waals surface area contributed by atoms with Crippen molar-refractivity contribution < 1.29 is 22.4 Å². The van der Waals surface area contributed by atoms with E-state index in [1.54, 1.807) is 18.2 Å². The lowest BCUT2D eigenvalue weighted by molar-refractivity contribution is 0.102. The van der Waals surface area contributed by atoms with E-state index >= 15 is 0 Å². The maximum Gasteiger partial charge on any atom is 0.274 e. The molecule has 0 aliphatic heterocycles. The van der Waals surface area contributed by atoms with Crippen LogP contribution in [0.15, 0.2) is 48.7 Å². The molecule has 5 nitrogen and oxygen atoms in total. The first-order valence-electron chi connectivity index (χ1n) is 7.71. The molecule has 3 aromatic rings. The van der Waals surface area contributed by atoms with Gasteiger partial charge in [0.2, 0.25) is 5.95 Å². The number of hydrogen-bond acceptors (Lipinski definition) is 4. The summed E-state index contributed by atoms with van der Waals surface area (Å²) < 4.78 is 53.4. The van der Waals surface area contributed by atoms with Gasteiger partial charge in [-0.15, -0.1) is 0 Å². The summed E-state index contributed by atoms with van der Waals surface area (Å²) in [6.07, 6.45) is 1.27. The fourth-order valence-electron chi connectivity index (χ4n) is 2.20. The van der Waals surface area contributed by atoms with Crippen LogP contribution in [-0.4, -0.2) is 15.9 Å². The van der Waals surface area contributed by atoms with Gasteiger partial charge in [0.05, 0.1) is 5.69 Å². The van der Waals surface area contributed by atoms with Crippen LogP contribution in [-0.2, 0) is 6.54 Å². The molecule has 0 bridgehead atoms. The SMILES string of the molecule is O=C(Nc1ccc(F)c(F)c1F)c1ccnc(NCc2ccccc2F)n1. The van der Waals surface area contributed by atoms with E-state index in [2.05, 4.69) is 20.6 Å². The lowest BCUT2D eigenvalue weighted by Crippen LogP contribution is -2.16. The van der Waals surface area contributed by atoms with Gasteiger partial charge in [0.1, 0.15) is 11.5 Å². The molecular weight excluding hydrogens is 364 g/mol. The second-order valence-electron chi connectivity index (χ2n) is 5.39. The Morgan fingerprint density at radius 1 is 0.926 bits per heavy atom. The van der Waals surface area contributed by atoms with Crippen LogP contribution >= 0.6 is 0 Å². The highest BCUT2D eigenvalue weighted by molar-refractivity contribution is 6.03. The molecule has 0 unspecified atom stereocenters. The zero-order chi connectivity index (χ0) is 19.4. The molecule has 0 saturated heterocycles. The summed E-state index contributed by atoms with van der Waals surface area (Å²) in [6.45, 7) is 0.0789. The van der Waals surface area contributed by atoms with E-state index in [1.807, 2.05) is 0 Å². The zero-order valence-electron chi connectivity index (χ0n) is 13.6. The largest absolute Gasteiger partial charge is 0.350 e. The number of amides is 1. The van der Waals surface area contributed by atoms with Gasteiger partial charge < -0.3 is 10.6 Å². The first-order chi connectivity index (χ1) is 13.0. The molecule has 3 rings (SSSR count). The first-order valence-corrected chi connectivity index (χ1v) is 7.71. The number of carbonyl (C=O) groups is 1. The Morgan fingerprint density at radius 2 is 1.70 bits per heavy atom. The number of carbonyl (C=O) groups excluding carboxylic acids is 1. The van der Waals surface area contributed by atoms with Gasteiger partial charge in [-0.1, -0.05) is 18.2 Å². The van der Waals surface area contributed by atoms with Crippen LogP contribution in [0.1, 0.15) is 16.1 Å². The van der Waals surface area contributed by atoms with Crippen molar-refractivity contribution in [3.63, 3.8) is 0 Å². The molecule has 138 valence electrons. The van der Waals surface area contributed by atoms with E-state index in [0.29, 0.717) is 11.6 Å². The molecule has 0 saturated carbocycles. The van der Waals surface area contributed by atoms with Gasteiger partial charge in [-0.3, -0.25) is 4.79 Å². The number of nitrogens with zero attached hydrogens (tertiary/aromatic N) is 2. The van der Waals surface area contributed by atoms with Crippen molar-refractivity contribution in [2.24, 2.45) is 0 Å². The number of hydrogen-bond donors (Lipinski definition) is 2. The van der Waals surface area contributed by atoms with Gasteiger partial charge in [-0.05, 0) is 24.3 Å². The van der Waals surface area contributed by atoms with Crippen molar-refractivity contribution in [1.29, 1.82) is 0 Å². The minimum absolute atomic E-state index is 0.0386. The molecule has 0 atom stereocenters. The van der Waals surface area contributed by atoms with E-state index < -0.39 is 34.9 Å². The Bertz CT molecular complexity index is 997. The molecule has 2 aromatic carbocycles. The van der Waals surface area contributed by atoms with Crippen LogP contribution in [0.3, 0.4) is 0 Å². The number of benzene rings is 2. The van der Waals surface area contributed by atoms with Crippen molar-refractivity contribution >= 4 is 17.5 Å². The lowest BCUT2D eigenvalue weighted by Gasteiger charge is -2.09. The predicted molar refractivity (Wildman–Crippen MR) is 90.0 cm³/mol. The van der Waals surface area contributed by atoms with Crippen LogP contribution < -0.4 is 10.6 Å². The van der Waals surface area contributed by atoms with Gasteiger partial charge in [0.25, 0.3) is 5.91 Å². The monoisotopic (exact) mass is 376 g/mol. The number of aromatic nitrogens is 2. The Morgan fingerprint density at radius 3 is 2.48 bits per heavy atom. The highest BCUT2D eigenvalue weighted by Crippen LogP contribution is 2.20. The summed E-state index contributed by atoms with van der Waals surface area (Å²) in [5.41, 5.74) is -0.302. The molecule has 0 fully saturated rings. The predicted octanol–water partition coefficient (Wildman–Crippen LogP) is 3.90. The van der Waals surface area contributed by atoms with E-state index in [9.17, 15) is 22.4 Å². The smallest absolute Gasteiger partial charge is 0.274 e. The van der Waals surface area contributed by atoms with Crippen molar-refractivity contribution in [2.45, 2.75) is 6.54 Å². The summed E-state index contributed by atoms with van der Waals surface area (Å²) in [5, 5.41) is 4.87. The van der Waals surface area contributed by atoms with Gasteiger partial charge in [0, 0.05) is 18.3 Å². The van der Waals surface area contributed by atoms with Crippen LogP contribution in [0.25, 0.3) is 0 Å². The zero-order valence-corrected chi connectivity index (χ0v) is 13.6. The van der Waals surface area contributed by atoms with Crippen LogP contribution in [0.5, 0.6) is 0 Å². The Balaban J connectivity index is 1.72. The summed E-state index contributed by atoms with van der Waals surface area (Å²) in [7, 11) is 0. The van der Waals surface area contributed by atoms with Gasteiger partial charge in [-0.2, -0.15) is 0 Å². The normalized spacial score (nSPS) is 10.5. The average molecular weight is 376 g/mol. The fourth-order valence-corrected chi connectivity index (χ4v) is 2.20. The third-order valence-corrected chi connectivity index (χ3v) is 3.57. The van der Waals surface area contributed by atoms with Gasteiger partial charge >= 0.3 is 0 Å². The molecule has 2 N–H and O–H groups in total. The second-order valence-corrected chi connectivity index (χ2v) is 5.39. The summed E-state index contributed by atoms with van der Waals surface area (Å²) >= 11 is 0. The Kier molecular flexibility index (Phi) is 5.30. The third-order valence-electron chi connectivity index (χ3n) is 3.57. The van der Waals surface area contributed by atoms with Crippen molar-refractivity contribution in [1.82, 2.24) is 9.97 Å². The minimum Gasteiger partial charge on any atom is -0.350 e. The van der Waals surface area contributed by atoms with Crippen LogP contribution in [0.4, 0.5) is 29.2 Å². The Hall–Kier alpha value is -3.49. The maximum absolute atomic E-state index is 13.7. The molecule has 0 spiro atoms. The summed E-state index contributed by atoms with van der Waals surface area (Å²) in [5.74, 6) is -5.80. The number of rotatable bonds is 5. The minimum atomic E-state index is -1.69. The van der Waals surface area contributed by atoms with Gasteiger partial charge in [0.15, 0.2) is 17.5 Å². The molecular formula is C18H12F4N4O. The van der Waals surface area contributed by atoms with E-state index in [1.165, 1.54) is 18.3 Å². The van der Waals surface area contributed by atoms with E-state index in [-0.39, 0.29) is 18.2 Å². The van der Waals surface area contributed by atoms with Crippen LogP contribution in [0, 0.1) is 23.3 Å². The quantitative estimate of drug-likeness (QED) is 0.524. The molecule has 1 amide bonds. The topological polar surface area (TPSA) is 66.9 Å². The standard InChI is InChI=1S/C18H12F4N4O/c19-11-4-2-1-3-10(11)9-24-18-23-8-7-14(26-18)17(27)25-13-6-5-12(20)15(21)16(13)22/h1-8H,9H2,(H,25,27)(H,23,24,26). The van der Waals surface area contributed by atoms with E-state index in [0.717, 1.165) is 6.07 Å². The highest BCUT2D eigenvalue weighted by atomic mass is 19.2. The summed E-state index contributed by atoms with van der Waals surface area (Å²) in [4.78, 5) is 20.0. The molecule has 1 aromatic heterocycles. The highest BCUT2D eigenvalue weighted by Gasteiger charge is 2.17. The molecule has 0 aliphatic carbocycles. The molecule has 9 heteroatoms. The number of nitrogens with one attached hydrogen (secondary N) is 2.